The van der Waals surface area contributed by atoms with Crippen molar-refractivity contribution in [1.82, 2.24) is 5.32 Å². The van der Waals surface area contributed by atoms with Crippen molar-refractivity contribution >= 4 is 52.8 Å². The van der Waals surface area contributed by atoms with Crippen LogP contribution in [0, 0.1) is 13.8 Å². The second-order valence-corrected chi connectivity index (χ2v) is 8.63. The van der Waals surface area contributed by atoms with Crippen molar-refractivity contribution in [2.45, 2.75) is 20.5 Å². The van der Waals surface area contributed by atoms with Crippen molar-refractivity contribution in [3.05, 3.63) is 98.5 Å². The molecule has 4 amide bonds. The molecule has 0 aliphatic carbocycles. The summed E-state index contributed by atoms with van der Waals surface area (Å²) in [5.74, 6) is -1.15. The first-order valence-corrected chi connectivity index (χ1v) is 11.1. The fourth-order valence-electron chi connectivity index (χ4n) is 3.45. The van der Waals surface area contributed by atoms with Crippen molar-refractivity contribution < 1.29 is 19.1 Å². The molecule has 34 heavy (non-hydrogen) atoms. The van der Waals surface area contributed by atoms with Crippen LogP contribution in [-0.4, -0.2) is 17.8 Å². The lowest BCUT2D eigenvalue weighted by molar-refractivity contribution is -0.122. The van der Waals surface area contributed by atoms with Gasteiger partial charge in [-0.3, -0.25) is 14.9 Å². The highest BCUT2D eigenvalue weighted by Gasteiger charge is 2.37. The lowest BCUT2D eigenvalue weighted by atomic mass is 10.0. The number of anilines is 1. The van der Waals surface area contributed by atoms with Gasteiger partial charge in [-0.15, -0.1) is 0 Å². The minimum absolute atomic E-state index is 0.172. The van der Waals surface area contributed by atoms with Gasteiger partial charge >= 0.3 is 6.03 Å². The van der Waals surface area contributed by atoms with Crippen LogP contribution in [0.5, 0.6) is 5.75 Å². The van der Waals surface area contributed by atoms with Crippen LogP contribution in [0.25, 0.3) is 6.08 Å². The van der Waals surface area contributed by atoms with E-state index >= 15 is 0 Å². The van der Waals surface area contributed by atoms with E-state index in [9.17, 15) is 14.4 Å². The number of halogens is 2. The number of barbiturate groups is 1. The van der Waals surface area contributed by atoms with Gasteiger partial charge in [-0.05, 0) is 67.4 Å². The predicted octanol–water partition coefficient (Wildman–Crippen LogP) is 5.86. The lowest BCUT2D eigenvalue weighted by Gasteiger charge is -2.27. The molecule has 0 bridgehead atoms. The molecule has 0 radical (unpaired) electrons. The number of carbonyl (C=O) groups is 3. The van der Waals surface area contributed by atoms with Gasteiger partial charge in [0.05, 0.1) is 5.69 Å². The molecule has 1 aliphatic heterocycles. The minimum Gasteiger partial charge on any atom is -0.488 e. The number of nitrogens with one attached hydrogen (secondary N) is 1. The van der Waals surface area contributed by atoms with Crippen LogP contribution in [0.1, 0.15) is 22.3 Å². The van der Waals surface area contributed by atoms with Crippen LogP contribution in [0.15, 0.2) is 66.2 Å². The van der Waals surface area contributed by atoms with Gasteiger partial charge < -0.3 is 4.74 Å². The summed E-state index contributed by atoms with van der Waals surface area (Å²) in [4.78, 5) is 39.3. The van der Waals surface area contributed by atoms with Crippen molar-refractivity contribution in [1.29, 1.82) is 0 Å². The summed E-state index contributed by atoms with van der Waals surface area (Å²) < 4.78 is 5.92. The molecule has 1 aliphatic rings. The molecule has 1 saturated heterocycles. The summed E-state index contributed by atoms with van der Waals surface area (Å²) in [6.45, 7) is 3.97. The molecule has 1 fully saturated rings. The Morgan fingerprint density at radius 2 is 1.71 bits per heavy atom. The summed E-state index contributed by atoms with van der Waals surface area (Å²) >= 11 is 12.4. The van der Waals surface area contributed by atoms with Crippen molar-refractivity contribution in [2.75, 3.05) is 4.90 Å². The highest BCUT2D eigenvalue weighted by molar-refractivity contribution is 6.39. The summed E-state index contributed by atoms with van der Waals surface area (Å²) in [7, 11) is 0. The second kappa shape index (κ2) is 9.71. The first-order valence-electron chi connectivity index (χ1n) is 10.4. The largest absolute Gasteiger partial charge is 0.488 e. The highest BCUT2D eigenvalue weighted by Crippen LogP contribution is 2.29. The van der Waals surface area contributed by atoms with Gasteiger partial charge in [0.2, 0.25) is 0 Å². The normalized spacial score (nSPS) is 15.0. The minimum atomic E-state index is -0.809. The Kier molecular flexibility index (Phi) is 6.72. The number of hydrogen-bond acceptors (Lipinski definition) is 4. The third kappa shape index (κ3) is 4.83. The molecule has 1 N–H and O–H groups in total. The first kappa shape index (κ1) is 23.5. The van der Waals surface area contributed by atoms with Gasteiger partial charge in [0, 0.05) is 21.2 Å². The maximum absolute atomic E-state index is 13.3. The number of urea groups is 1. The number of benzene rings is 3. The highest BCUT2D eigenvalue weighted by atomic mass is 35.5. The lowest BCUT2D eigenvalue weighted by Crippen LogP contribution is -2.54. The molecule has 1 heterocycles. The second-order valence-electron chi connectivity index (χ2n) is 7.79. The molecule has 6 nitrogen and oxygen atoms in total. The number of amides is 4. The van der Waals surface area contributed by atoms with Crippen molar-refractivity contribution in [2.24, 2.45) is 0 Å². The Morgan fingerprint density at radius 3 is 2.44 bits per heavy atom. The average molecular weight is 495 g/mol. The van der Waals surface area contributed by atoms with E-state index < -0.39 is 17.8 Å². The summed E-state index contributed by atoms with van der Waals surface area (Å²) in [6, 6.07) is 16.5. The van der Waals surface area contributed by atoms with E-state index in [4.69, 9.17) is 27.9 Å². The predicted molar refractivity (Wildman–Crippen MR) is 132 cm³/mol. The van der Waals surface area contributed by atoms with E-state index in [1.54, 1.807) is 36.4 Å². The van der Waals surface area contributed by atoms with Gasteiger partial charge in [-0.1, -0.05) is 47.5 Å². The Hall–Kier alpha value is -3.61. The van der Waals surface area contributed by atoms with Crippen molar-refractivity contribution in [3.63, 3.8) is 0 Å². The summed E-state index contributed by atoms with van der Waals surface area (Å²) in [5.41, 5.74) is 3.25. The van der Waals surface area contributed by atoms with Crippen LogP contribution < -0.4 is 15.0 Å². The molecule has 0 saturated carbocycles. The number of imide groups is 2. The van der Waals surface area contributed by atoms with E-state index in [1.165, 1.54) is 6.08 Å². The van der Waals surface area contributed by atoms with Gasteiger partial charge in [0.1, 0.15) is 17.9 Å². The molecule has 4 rings (SSSR count). The van der Waals surface area contributed by atoms with Crippen LogP contribution in [0.4, 0.5) is 10.5 Å². The quantitative estimate of drug-likeness (QED) is 0.356. The third-order valence-electron chi connectivity index (χ3n) is 5.46. The molecular weight excluding hydrogens is 475 g/mol. The van der Waals surface area contributed by atoms with E-state index in [0.29, 0.717) is 27.0 Å². The zero-order valence-electron chi connectivity index (χ0n) is 18.4. The average Bonchev–Trinajstić information content (AvgIpc) is 2.79. The number of aryl methyl sites for hydroxylation is 2. The molecule has 0 atom stereocenters. The van der Waals surface area contributed by atoms with Gasteiger partial charge in [-0.25, -0.2) is 9.69 Å². The molecule has 172 valence electrons. The van der Waals surface area contributed by atoms with E-state index in [2.05, 4.69) is 5.32 Å². The maximum atomic E-state index is 13.3. The monoisotopic (exact) mass is 494 g/mol. The van der Waals surface area contributed by atoms with Crippen LogP contribution in [-0.2, 0) is 16.2 Å². The number of hydrogen-bond donors (Lipinski definition) is 1. The Bertz CT molecular complexity index is 1350. The first-order chi connectivity index (χ1) is 16.2. The molecule has 0 aromatic heterocycles. The van der Waals surface area contributed by atoms with Gasteiger partial charge in [0.15, 0.2) is 0 Å². The zero-order chi connectivity index (χ0) is 24.4. The molecule has 3 aromatic carbocycles. The van der Waals surface area contributed by atoms with E-state index in [0.717, 1.165) is 21.6 Å². The molecule has 0 spiro atoms. The summed E-state index contributed by atoms with van der Waals surface area (Å²) in [6.07, 6.45) is 1.37. The number of rotatable bonds is 5. The van der Waals surface area contributed by atoms with Crippen LogP contribution >= 0.6 is 23.2 Å². The van der Waals surface area contributed by atoms with Crippen molar-refractivity contribution in [3.8, 4) is 5.75 Å². The van der Waals surface area contributed by atoms with Gasteiger partial charge in [-0.2, -0.15) is 0 Å². The zero-order valence-corrected chi connectivity index (χ0v) is 19.9. The number of carbonyl (C=O) groups excluding carboxylic acids is 3. The maximum Gasteiger partial charge on any atom is 0.335 e. The topological polar surface area (TPSA) is 75.7 Å². The smallest absolute Gasteiger partial charge is 0.335 e. The van der Waals surface area contributed by atoms with Gasteiger partial charge in [0.25, 0.3) is 11.8 Å². The molecule has 3 aromatic rings. The molecule has 0 unspecified atom stereocenters. The van der Waals surface area contributed by atoms with E-state index in [1.807, 2.05) is 38.1 Å². The van der Waals surface area contributed by atoms with Crippen LogP contribution in [0.2, 0.25) is 10.0 Å². The molecule has 8 heteroatoms. The number of nitrogens with zero attached hydrogens (tertiary/aromatic N) is 1. The standard InChI is InChI=1S/C26H20Cl2N2O4/c1-15-7-9-20(11-16(15)2)30-25(32)21(24(31)29-26(30)33)13-18-12-19(27)8-10-23(18)34-14-17-5-3-4-6-22(17)28/h3-13H,14H2,1-2H3,(H,29,31,33)/b21-13+. The fraction of sp³-hybridized carbons (Fsp3) is 0.115. The third-order valence-corrected chi connectivity index (χ3v) is 6.07. The Morgan fingerprint density at radius 1 is 0.941 bits per heavy atom. The fourth-order valence-corrected chi connectivity index (χ4v) is 3.82. The van der Waals surface area contributed by atoms with Crippen LogP contribution in [0.3, 0.4) is 0 Å². The molecular formula is C26H20Cl2N2O4. The van der Waals surface area contributed by atoms with E-state index in [-0.39, 0.29) is 12.2 Å². The number of ether oxygens (including phenoxy) is 1. The Balaban J connectivity index is 1.69. The summed E-state index contributed by atoms with van der Waals surface area (Å²) in [5, 5.41) is 3.18. The Labute approximate surface area is 206 Å². The SMILES string of the molecule is Cc1ccc(N2C(=O)NC(=O)/C(=C\c3cc(Cl)ccc3OCc3ccccc3Cl)C2=O)cc1C.